The minimum Gasteiger partial charge on any atom is -0.396 e. The molecule has 0 spiro atoms. The zero-order valence-corrected chi connectivity index (χ0v) is 7.97. The highest BCUT2D eigenvalue weighted by molar-refractivity contribution is 7.07. The molecule has 0 aromatic carbocycles. The summed E-state index contributed by atoms with van der Waals surface area (Å²) in [5.74, 6) is 0. The van der Waals surface area contributed by atoms with E-state index in [0.29, 0.717) is 0 Å². The summed E-state index contributed by atoms with van der Waals surface area (Å²) in [5, 5.41) is 22.1. The summed E-state index contributed by atoms with van der Waals surface area (Å²) in [6.07, 6.45) is 0.740. The molecule has 68 valence electrons. The van der Waals surface area contributed by atoms with E-state index in [2.05, 4.69) is 0 Å². The molecule has 1 heterocycles. The summed E-state index contributed by atoms with van der Waals surface area (Å²) in [7, 11) is 0. The molecule has 0 atom stereocenters. The molecule has 0 saturated carbocycles. The predicted octanol–water partition coefficient (Wildman–Crippen LogP) is 1.28. The molecule has 2 nitrogen and oxygen atoms in total. The third-order valence-corrected chi connectivity index (χ3v) is 2.71. The largest absolute Gasteiger partial charge is 0.396 e. The molecule has 1 aromatic heterocycles. The molecule has 0 radical (unpaired) electrons. The van der Waals surface area contributed by atoms with Gasteiger partial charge in [-0.3, -0.25) is 0 Å². The van der Waals surface area contributed by atoms with E-state index < -0.39 is 0 Å². The summed E-state index contributed by atoms with van der Waals surface area (Å²) in [4.78, 5) is 0. The van der Waals surface area contributed by atoms with Crippen molar-refractivity contribution in [1.29, 1.82) is 0 Å². The molecule has 0 amide bonds. The number of hydrogen-bond acceptors (Lipinski definition) is 3. The highest BCUT2D eigenvalue weighted by Crippen LogP contribution is 2.22. The van der Waals surface area contributed by atoms with Gasteiger partial charge >= 0.3 is 0 Å². The van der Waals surface area contributed by atoms with E-state index in [0.717, 1.165) is 6.42 Å². The molecule has 0 saturated heterocycles. The van der Waals surface area contributed by atoms with Gasteiger partial charge in [0.1, 0.15) is 0 Å². The van der Waals surface area contributed by atoms with Crippen molar-refractivity contribution >= 4 is 11.3 Å². The Balaban J connectivity index is 2.60. The summed E-state index contributed by atoms with van der Waals surface area (Å²) in [6, 6.07) is 2.02. The first-order valence-corrected chi connectivity index (χ1v) is 4.87. The summed E-state index contributed by atoms with van der Waals surface area (Å²) in [6.45, 7) is 1.93. The second-order valence-corrected chi connectivity index (χ2v) is 4.22. The Morgan fingerprint density at radius 3 is 2.50 bits per heavy atom. The quantitative estimate of drug-likeness (QED) is 0.743. The minimum atomic E-state index is -0.374. The fourth-order valence-electron chi connectivity index (χ4n) is 1.05. The maximum Gasteiger partial charge on any atom is 0.0509 e. The minimum absolute atomic E-state index is 0.0271. The van der Waals surface area contributed by atoms with Crippen molar-refractivity contribution in [2.75, 3.05) is 13.2 Å². The molecule has 1 rings (SSSR count). The number of aliphatic hydroxyl groups is 2. The molecular formula is C9H14O2S. The van der Waals surface area contributed by atoms with Gasteiger partial charge in [-0.1, -0.05) is 6.92 Å². The van der Waals surface area contributed by atoms with Gasteiger partial charge in [0.25, 0.3) is 0 Å². The molecule has 12 heavy (non-hydrogen) atoms. The second kappa shape index (κ2) is 4.03. The van der Waals surface area contributed by atoms with Gasteiger partial charge in [-0.25, -0.2) is 0 Å². The third kappa shape index (κ3) is 2.30. The van der Waals surface area contributed by atoms with Crippen molar-refractivity contribution in [2.24, 2.45) is 5.41 Å². The maximum absolute atomic E-state index is 9.03. The molecule has 0 bridgehead atoms. The Morgan fingerprint density at radius 2 is 2.08 bits per heavy atom. The highest BCUT2D eigenvalue weighted by Gasteiger charge is 2.22. The zero-order chi connectivity index (χ0) is 9.03. The Hall–Kier alpha value is -0.380. The SMILES string of the molecule is CC(CO)(CO)Cc1ccsc1. The van der Waals surface area contributed by atoms with Crippen LogP contribution in [0, 0.1) is 5.41 Å². The van der Waals surface area contributed by atoms with Gasteiger partial charge in [-0.2, -0.15) is 11.3 Å². The number of thiophene rings is 1. The van der Waals surface area contributed by atoms with Crippen LogP contribution < -0.4 is 0 Å². The van der Waals surface area contributed by atoms with E-state index in [1.54, 1.807) is 11.3 Å². The lowest BCUT2D eigenvalue weighted by Crippen LogP contribution is -2.28. The molecule has 2 N–H and O–H groups in total. The Morgan fingerprint density at radius 1 is 1.42 bits per heavy atom. The average Bonchev–Trinajstić information content (AvgIpc) is 2.57. The molecule has 0 fully saturated rings. The van der Waals surface area contributed by atoms with Gasteiger partial charge in [0.05, 0.1) is 13.2 Å². The van der Waals surface area contributed by atoms with Crippen LogP contribution in [0.3, 0.4) is 0 Å². The second-order valence-electron chi connectivity index (χ2n) is 3.44. The van der Waals surface area contributed by atoms with Crippen LogP contribution in [0.15, 0.2) is 16.8 Å². The molecule has 0 aliphatic carbocycles. The monoisotopic (exact) mass is 186 g/mol. The van der Waals surface area contributed by atoms with Gasteiger partial charge in [0.2, 0.25) is 0 Å². The molecule has 3 heteroatoms. The first-order valence-electron chi connectivity index (χ1n) is 3.93. The first-order chi connectivity index (χ1) is 5.70. The fraction of sp³-hybridized carbons (Fsp3) is 0.556. The van der Waals surface area contributed by atoms with Crippen LogP contribution in [0.1, 0.15) is 12.5 Å². The van der Waals surface area contributed by atoms with Gasteiger partial charge in [-0.05, 0) is 28.8 Å². The molecule has 0 aliphatic heterocycles. The summed E-state index contributed by atoms with van der Waals surface area (Å²) < 4.78 is 0. The van der Waals surface area contributed by atoms with Crippen LogP contribution in [0.5, 0.6) is 0 Å². The zero-order valence-electron chi connectivity index (χ0n) is 7.16. The lowest BCUT2D eigenvalue weighted by molar-refractivity contribution is 0.0705. The van der Waals surface area contributed by atoms with E-state index in [1.807, 2.05) is 23.8 Å². The van der Waals surface area contributed by atoms with Gasteiger partial charge in [0, 0.05) is 5.41 Å². The number of rotatable bonds is 4. The van der Waals surface area contributed by atoms with E-state index in [9.17, 15) is 0 Å². The lowest BCUT2D eigenvalue weighted by Gasteiger charge is -2.23. The Labute approximate surface area is 76.5 Å². The van der Waals surface area contributed by atoms with Crippen LogP contribution in [0.2, 0.25) is 0 Å². The van der Waals surface area contributed by atoms with Crippen LogP contribution in [-0.2, 0) is 6.42 Å². The number of hydrogen-bond donors (Lipinski definition) is 2. The first kappa shape index (κ1) is 9.71. The van der Waals surface area contributed by atoms with Gasteiger partial charge in [-0.15, -0.1) is 0 Å². The summed E-state index contributed by atoms with van der Waals surface area (Å²) in [5.41, 5.74) is 0.812. The number of aliphatic hydroxyl groups excluding tert-OH is 2. The topological polar surface area (TPSA) is 40.5 Å². The Bertz CT molecular complexity index is 214. The van der Waals surface area contributed by atoms with Crippen molar-refractivity contribution in [3.63, 3.8) is 0 Å². The van der Waals surface area contributed by atoms with Crippen LogP contribution >= 0.6 is 11.3 Å². The van der Waals surface area contributed by atoms with Crippen LogP contribution in [0.25, 0.3) is 0 Å². The lowest BCUT2D eigenvalue weighted by atomic mass is 9.86. The fourth-order valence-corrected chi connectivity index (χ4v) is 1.72. The predicted molar refractivity (Wildman–Crippen MR) is 50.3 cm³/mol. The van der Waals surface area contributed by atoms with Crippen molar-refractivity contribution in [3.05, 3.63) is 22.4 Å². The van der Waals surface area contributed by atoms with Crippen molar-refractivity contribution < 1.29 is 10.2 Å². The van der Waals surface area contributed by atoms with Gasteiger partial charge in [0.15, 0.2) is 0 Å². The van der Waals surface area contributed by atoms with E-state index in [1.165, 1.54) is 5.56 Å². The third-order valence-electron chi connectivity index (χ3n) is 1.97. The standard InChI is InChI=1S/C9H14O2S/c1-9(6-10,7-11)4-8-2-3-12-5-8/h2-3,5,10-11H,4,6-7H2,1H3. The molecule has 0 unspecified atom stereocenters. The van der Waals surface area contributed by atoms with Crippen molar-refractivity contribution in [2.45, 2.75) is 13.3 Å². The van der Waals surface area contributed by atoms with Crippen LogP contribution in [0.4, 0.5) is 0 Å². The smallest absolute Gasteiger partial charge is 0.0509 e. The van der Waals surface area contributed by atoms with E-state index >= 15 is 0 Å². The van der Waals surface area contributed by atoms with Crippen molar-refractivity contribution in [1.82, 2.24) is 0 Å². The van der Waals surface area contributed by atoms with Gasteiger partial charge < -0.3 is 10.2 Å². The van der Waals surface area contributed by atoms with Crippen LogP contribution in [-0.4, -0.2) is 23.4 Å². The maximum atomic E-state index is 9.03. The Kier molecular flexibility index (Phi) is 3.26. The van der Waals surface area contributed by atoms with Crippen molar-refractivity contribution in [3.8, 4) is 0 Å². The molecule has 0 aliphatic rings. The normalized spacial score (nSPS) is 11.9. The molecular weight excluding hydrogens is 172 g/mol. The van der Waals surface area contributed by atoms with E-state index in [-0.39, 0.29) is 18.6 Å². The average molecular weight is 186 g/mol. The van der Waals surface area contributed by atoms with E-state index in [4.69, 9.17) is 10.2 Å². The summed E-state index contributed by atoms with van der Waals surface area (Å²) >= 11 is 1.64. The highest BCUT2D eigenvalue weighted by atomic mass is 32.1. The molecule has 1 aromatic rings.